The van der Waals surface area contributed by atoms with Crippen molar-refractivity contribution in [3.8, 4) is 0 Å². The fourth-order valence-electron chi connectivity index (χ4n) is 7.07. The highest BCUT2D eigenvalue weighted by Crippen LogP contribution is 2.54. The molecule has 3 fully saturated rings. The number of hydrogen-bond acceptors (Lipinski definition) is 4. The number of piperidine rings is 1. The SMILES string of the molecule is C=C(C)CCC(NC(=C)NC(C(=C)N1C[C@@H]2C[C@@H]2C1C(=C)CC)C1(C)CCCCC1)C(C)(C)C.C=C(N)C(=C)C(C)CC.CC.CC.CCC.CCC.CCC. The molecule has 6 atom stereocenters. The van der Waals surface area contributed by atoms with Crippen molar-refractivity contribution in [2.24, 2.45) is 34.3 Å². The van der Waals surface area contributed by atoms with Crippen molar-refractivity contribution in [1.82, 2.24) is 15.5 Å². The molecule has 56 heavy (non-hydrogen) atoms. The van der Waals surface area contributed by atoms with E-state index in [0.29, 0.717) is 23.7 Å². The first-order chi connectivity index (χ1) is 26.2. The molecule has 332 valence electrons. The minimum Gasteiger partial charge on any atom is -0.399 e. The molecule has 3 aliphatic rings. The van der Waals surface area contributed by atoms with Gasteiger partial charge in [-0.25, -0.2) is 0 Å². The normalized spacial score (nSPS) is 19.8. The summed E-state index contributed by atoms with van der Waals surface area (Å²) in [5.41, 5.74) is 11.2. The predicted octanol–water partition coefficient (Wildman–Crippen LogP) is 15.9. The van der Waals surface area contributed by atoms with Crippen molar-refractivity contribution < 1.29 is 0 Å². The van der Waals surface area contributed by atoms with Crippen LogP contribution in [-0.4, -0.2) is 29.6 Å². The lowest BCUT2D eigenvalue weighted by molar-refractivity contribution is 0.137. The molecule has 2 aliphatic carbocycles. The first kappa shape index (κ1) is 60.3. The number of allylic oxidation sites excluding steroid dienone is 2. The van der Waals surface area contributed by atoms with Gasteiger partial charge in [0.15, 0.2) is 0 Å². The monoisotopic (exact) mass is 785 g/mol. The van der Waals surface area contributed by atoms with E-state index < -0.39 is 0 Å². The van der Waals surface area contributed by atoms with E-state index in [4.69, 9.17) is 12.3 Å². The Balaban J connectivity index is -0.000000509. The van der Waals surface area contributed by atoms with Crippen LogP contribution < -0.4 is 16.4 Å². The minimum absolute atomic E-state index is 0.140. The summed E-state index contributed by atoms with van der Waals surface area (Å²) >= 11 is 0. The van der Waals surface area contributed by atoms with Crippen molar-refractivity contribution >= 4 is 0 Å². The molecule has 0 aromatic rings. The molecule has 4 unspecified atom stereocenters. The van der Waals surface area contributed by atoms with Crippen molar-refractivity contribution in [3.05, 3.63) is 73.4 Å². The fourth-order valence-corrected chi connectivity index (χ4v) is 7.07. The van der Waals surface area contributed by atoms with Crippen molar-refractivity contribution in [3.63, 3.8) is 0 Å². The third-order valence-electron chi connectivity index (χ3n) is 10.6. The van der Waals surface area contributed by atoms with Crippen LogP contribution in [0.25, 0.3) is 0 Å². The van der Waals surface area contributed by atoms with Crippen LogP contribution in [0.15, 0.2) is 73.4 Å². The standard InChI is InChI=1S/C31H53N3.C8H15N.3C3H8.2C2H6/c1-11-22(4)28-26-19-25(26)20-34(28)23(5)29(31(10)17-13-12-14-18-31)33-24(6)32-27(30(7,8)9)16-15-21(2)3;1-5-6(2)7(3)8(4)9;3*1-3-2;2*1-2/h25-29,32-33H,2,4-6,11-20H2,1,3,7-10H3;6H,3-5,9H2,1-2H3;3*3H2,1-2H3;2*1-2H3/t25-,26-,27?,28?,29?;;;;;;/m0....../s1. The highest BCUT2D eigenvalue weighted by atomic mass is 15.3. The lowest BCUT2D eigenvalue weighted by Gasteiger charge is -2.47. The Bertz CT molecular complexity index is 1060. The summed E-state index contributed by atoms with van der Waals surface area (Å²) < 4.78 is 0. The highest BCUT2D eigenvalue weighted by Gasteiger charge is 2.54. The average molecular weight is 785 g/mol. The van der Waals surface area contributed by atoms with Gasteiger partial charge in [-0.1, -0.05) is 200 Å². The number of nitrogens with two attached hydrogens (primary N) is 1. The molecule has 0 aromatic heterocycles. The first-order valence-electron chi connectivity index (χ1n) is 23.3. The maximum Gasteiger partial charge on any atom is 0.0920 e. The van der Waals surface area contributed by atoms with E-state index in [9.17, 15) is 0 Å². The molecule has 1 aliphatic heterocycles. The van der Waals surface area contributed by atoms with Gasteiger partial charge >= 0.3 is 0 Å². The van der Waals surface area contributed by atoms with Crippen molar-refractivity contribution in [1.29, 1.82) is 0 Å². The van der Waals surface area contributed by atoms with Gasteiger partial charge < -0.3 is 21.3 Å². The summed E-state index contributed by atoms with van der Waals surface area (Å²) in [5, 5.41) is 7.69. The zero-order valence-corrected chi connectivity index (χ0v) is 41.6. The van der Waals surface area contributed by atoms with E-state index in [-0.39, 0.29) is 16.9 Å². The number of likely N-dealkylation sites (tertiary alicyclic amines) is 1. The number of nitrogens with one attached hydrogen (secondary N) is 2. The number of rotatable bonds is 15. The van der Waals surface area contributed by atoms with Gasteiger partial charge in [0.05, 0.1) is 17.9 Å². The van der Waals surface area contributed by atoms with E-state index in [1.807, 2.05) is 27.7 Å². The Hall–Kier alpha value is -2.36. The Kier molecular flexibility index (Phi) is 36.2. The van der Waals surface area contributed by atoms with E-state index in [1.54, 1.807) is 0 Å². The molecule has 0 amide bonds. The zero-order chi connectivity index (χ0) is 44.8. The maximum atomic E-state index is 5.42. The second kappa shape index (κ2) is 33.6. The molecule has 1 saturated heterocycles. The summed E-state index contributed by atoms with van der Waals surface area (Å²) in [6.07, 6.45) is 15.8. The molecule has 4 nitrogen and oxygen atoms in total. The van der Waals surface area contributed by atoms with Crippen LogP contribution in [0.3, 0.4) is 0 Å². The molecular formula is C52H104N4. The summed E-state index contributed by atoms with van der Waals surface area (Å²) in [7, 11) is 0. The molecule has 0 spiro atoms. The van der Waals surface area contributed by atoms with Crippen LogP contribution >= 0.6 is 0 Å². The van der Waals surface area contributed by atoms with E-state index >= 15 is 0 Å². The zero-order valence-electron chi connectivity index (χ0n) is 41.6. The van der Waals surface area contributed by atoms with Gasteiger partial charge in [-0.15, -0.1) is 6.58 Å². The Morgan fingerprint density at radius 2 is 1.27 bits per heavy atom. The summed E-state index contributed by atoms with van der Waals surface area (Å²) in [5.74, 6) is 3.04. The molecule has 0 aromatic carbocycles. The quantitative estimate of drug-likeness (QED) is 0.114. The Morgan fingerprint density at radius 3 is 1.62 bits per heavy atom. The molecule has 4 N–H and O–H groups in total. The fraction of sp³-hybridized carbons (Fsp3) is 0.769. The van der Waals surface area contributed by atoms with Crippen LogP contribution in [0.2, 0.25) is 0 Å². The van der Waals surface area contributed by atoms with Crippen LogP contribution in [0, 0.1) is 28.6 Å². The van der Waals surface area contributed by atoms with Crippen LogP contribution in [0.4, 0.5) is 0 Å². The molecule has 2 saturated carbocycles. The second-order valence-electron chi connectivity index (χ2n) is 17.6. The van der Waals surface area contributed by atoms with Gasteiger partial charge in [0.25, 0.3) is 0 Å². The Morgan fingerprint density at radius 1 is 0.804 bits per heavy atom. The van der Waals surface area contributed by atoms with Crippen molar-refractivity contribution in [2.75, 3.05) is 6.54 Å². The molecule has 0 bridgehead atoms. The smallest absolute Gasteiger partial charge is 0.0920 e. The van der Waals surface area contributed by atoms with Gasteiger partial charge in [0.2, 0.25) is 0 Å². The third kappa shape index (κ3) is 23.8. The van der Waals surface area contributed by atoms with Crippen molar-refractivity contribution in [2.45, 2.75) is 226 Å². The summed E-state index contributed by atoms with van der Waals surface area (Å²) in [6, 6.07) is 1.00. The van der Waals surface area contributed by atoms with E-state index in [2.05, 4.69) is 145 Å². The maximum absolute atomic E-state index is 5.42. The molecule has 0 radical (unpaired) electrons. The van der Waals surface area contributed by atoms with Gasteiger partial charge in [0.1, 0.15) is 0 Å². The van der Waals surface area contributed by atoms with E-state index in [0.717, 1.165) is 55.5 Å². The average Bonchev–Trinajstić information content (AvgIpc) is 3.82. The first-order valence-corrected chi connectivity index (χ1v) is 23.3. The molecule has 3 rings (SSSR count). The Labute approximate surface area is 354 Å². The predicted molar refractivity (Wildman–Crippen MR) is 261 cm³/mol. The van der Waals surface area contributed by atoms with Gasteiger partial charge in [-0.05, 0) is 86.0 Å². The number of fused-ring (bicyclic) bond motifs is 1. The minimum atomic E-state index is 0.140. The van der Waals surface area contributed by atoms with E-state index in [1.165, 1.54) is 74.6 Å². The second-order valence-corrected chi connectivity index (χ2v) is 17.6. The van der Waals surface area contributed by atoms with Crippen LogP contribution in [0.1, 0.15) is 208 Å². The lowest BCUT2D eigenvalue weighted by Crippen LogP contribution is -2.53. The lowest BCUT2D eigenvalue weighted by atomic mass is 9.69. The topological polar surface area (TPSA) is 53.3 Å². The highest BCUT2D eigenvalue weighted by molar-refractivity contribution is 5.27. The number of hydrogen-bond donors (Lipinski definition) is 3. The van der Waals surface area contributed by atoms with Gasteiger partial charge in [0, 0.05) is 24.0 Å². The van der Waals surface area contributed by atoms with Crippen LogP contribution in [0.5, 0.6) is 0 Å². The molecule has 1 heterocycles. The van der Waals surface area contributed by atoms with Gasteiger partial charge in [-0.2, -0.15) is 0 Å². The van der Waals surface area contributed by atoms with Crippen LogP contribution in [-0.2, 0) is 0 Å². The third-order valence-corrected chi connectivity index (χ3v) is 10.6. The summed E-state index contributed by atoms with van der Waals surface area (Å²) in [6.45, 7) is 65.1. The van der Waals surface area contributed by atoms with Gasteiger partial charge in [-0.3, -0.25) is 0 Å². The summed E-state index contributed by atoms with van der Waals surface area (Å²) in [4.78, 5) is 2.62. The molecule has 4 heteroatoms. The molecular weight excluding hydrogens is 681 g/mol. The number of nitrogens with zero attached hydrogens (tertiary/aromatic N) is 1. The largest absolute Gasteiger partial charge is 0.399 e.